The number of imidazole rings is 1. The van der Waals surface area contributed by atoms with Crippen LogP contribution in [0.1, 0.15) is 30.8 Å². The molecule has 3 aromatic carbocycles. The molecule has 0 saturated carbocycles. The van der Waals surface area contributed by atoms with E-state index < -0.39 is 26.2 Å². The van der Waals surface area contributed by atoms with Gasteiger partial charge in [0.2, 0.25) is 0 Å². The summed E-state index contributed by atoms with van der Waals surface area (Å²) in [7, 11) is 3.23. The zero-order chi connectivity index (χ0) is 27.7. The molecule has 0 aliphatic rings. The third-order valence-corrected chi connectivity index (χ3v) is 7.84. The predicted molar refractivity (Wildman–Crippen MR) is 148 cm³/mol. The summed E-state index contributed by atoms with van der Waals surface area (Å²) in [4.78, 5) is 6.69. The lowest BCUT2D eigenvalue weighted by molar-refractivity contribution is -0.0498. The SMILES string of the molecule is C=Cc1cccc(OC(F)F)c1-n1c(C(CC)N(C)C)nc2cc(F)c(-c3ccc(P(C)C)cc3F)cc21. The molecule has 0 radical (unpaired) electrons. The van der Waals surface area contributed by atoms with Gasteiger partial charge in [-0.1, -0.05) is 51.8 Å². The molecule has 1 unspecified atom stereocenters. The molecule has 0 spiro atoms. The van der Waals surface area contributed by atoms with Crippen molar-refractivity contribution in [3.8, 4) is 22.6 Å². The van der Waals surface area contributed by atoms with E-state index in [4.69, 9.17) is 9.72 Å². The van der Waals surface area contributed by atoms with Gasteiger partial charge in [0, 0.05) is 22.8 Å². The van der Waals surface area contributed by atoms with E-state index >= 15 is 8.78 Å². The first kappa shape index (κ1) is 27.8. The first-order valence-electron chi connectivity index (χ1n) is 12.1. The van der Waals surface area contributed by atoms with Gasteiger partial charge in [-0.2, -0.15) is 8.78 Å². The monoisotopic (exact) mass is 543 g/mol. The number of hydrogen-bond acceptors (Lipinski definition) is 3. The maximum absolute atomic E-state index is 15.5. The summed E-state index contributed by atoms with van der Waals surface area (Å²) in [5.41, 5.74) is 1.73. The second kappa shape index (κ2) is 11.3. The van der Waals surface area contributed by atoms with Crippen LogP contribution in [0, 0.1) is 11.6 Å². The standard InChI is InChI=1S/C29H30F4N3OP/c1-7-17-10-9-11-26(37-29(32)33)27(17)36-25-15-20(19-13-12-18(38(5)6)14-21(19)30)22(31)16-23(25)34-28(36)24(8-2)35(3)4/h7,9-16,24,29H,1,8H2,2-6H3. The molecule has 9 heteroatoms. The lowest BCUT2D eigenvalue weighted by atomic mass is 10.0. The smallest absolute Gasteiger partial charge is 0.387 e. The topological polar surface area (TPSA) is 30.3 Å². The number of hydrogen-bond donors (Lipinski definition) is 0. The molecule has 0 aliphatic carbocycles. The van der Waals surface area contributed by atoms with E-state index in [1.807, 2.05) is 39.2 Å². The van der Waals surface area contributed by atoms with E-state index in [9.17, 15) is 8.78 Å². The molecule has 0 amide bonds. The molecule has 4 aromatic rings. The Balaban J connectivity index is 2.10. The number of alkyl halides is 2. The van der Waals surface area contributed by atoms with Gasteiger partial charge in [-0.05, 0) is 57.3 Å². The lowest BCUT2D eigenvalue weighted by Crippen LogP contribution is -2.23. The highest BCUT2D eigenvalue weighted by Gasteiger charge is 2.27. The van der Waals surface area contributed by atoms with Gasteiger partial charge in [-0.3, -0.25) is 9.47 Å². The zero-order valence-electron chi connectivity index (χ0n) is 22.0. The minimum atomic E-state index is -3.06. The van der Waals surface area contributed by atoms with Crippen LogP contribution in [-0.4, -0.2) is 48.5 Å². The number of fused-ring (bicyclic) bond motifs is 1. The van der Waals surface area contributed by atoms with Crippen molar-refractivity contribution in [1.82, 2.24) is 14.5 Å². The molecule has 4 nitrogen and oxygen atoms in total. The number of ether oxygens (including phenoxy) is 1. The molecule has 38 heavy (non-hydrogen) atoms. The highest BCUT2D eigenvalue weighted by atomic mass is 31.1. The third kappa shape index (κ3) is 5.20. The fourth-order valence-corrected chi connectivity index (χ4v) is 5.44. The molecular formula is C29H30F4N3OP. The van der Waals surface area contributed by atoms with Gasteiger partial charge in [-0.15, -0.1) is 0 Å². The number of benzene rings is 3. The van der Waals surface area contributed by atoms with E-state index in [1.54, 1.807) is 28.8 Å². The van der Waals surface area contributed by atoms with Crippen LogP contribution in [0.4, 0.5) is 17.6 Å². The van der Waals surface area contributed by atoms with E-state index in [0.29, 0.717) is 34.5 Å². The van der Waals surface area contributed by atoms with Crippen molar-refractivity contribution in [3.63, 3.8) is 0 Å². The van der Waals surface area contributed by atoms with Gasteiger partial charge in [-0.25, -0.2) is 13.8 Å². The molecule has 1 aromatic heterocycles. The van der Waals surface area contributed by atoms with Crippen molar-refractivity contribution in [1.29, 1.82) is 0 Å². The van der Waals surface area contributed by atoms with E-state index in [-0.39, 0.29) is 22.9 Å². The van der Waals surface area contributed by atoms with Crippen LogP contribution in [0.5, 0.6) is 5.75 Å². The molecule has 1 heterocycles. The average molecular weight is 544 g/mol. The summed E-state index contributed by atoms with van der Waals surface area (Å²) in [6.45, 7) is 6.79. The minimum Gasteiger partial charge on any atom is -0.433 e. The van der Waals surface area contributed by atoms with Crippen LogP contribution in [0.25, 0.3) is 33.9 Å². The van der Waals surface area contributed by atoms with E-state index in [1.165, 1.54) is 30.3 Å². The van der Waals surface area contributed by atoms with Gasteiger partial charge in [0.05, 0.1) is 22.8 Å². The second-order valence-electron chi connectivity index (χ2n) is 9.35. The van der Waals surface area contributed by atoms with E-state index in [0.717, 1.165) is 5.30 Å². The van der Waals surface area contributed by atoms with Crippen molar-refractivity contribution in [3.05, 3.63) is 78.1 Å². The van der Waals surface area contributed by atoms with Crippen LogP contribution in [0.2, 0.25) is 0 Å². The fraction of sp³-hybridized carbons (Fsp3) is 0.276. The molecular weight excluding hydrogens is 513 g/mol. The average Bonchev–Trinajstić information content (AvgIpc) is 3.20. The normalized spacial score (nSPS) is 12.6. The van der Waals surface area contributed by atoms with Crippen molar-refractivity contribution in [2.45, 2.75) is 26.0 Å². The molecule has 0 saturated heterocycles. The largest absolute Gasteiger partial charge is 0.433 e. The first-order chi connectivity index (χ1) is 18.1. The zero-order valence-corrected chi connectivity index (χ0v) is 22.9. The molecule has 1 atom stereocenters. The molecule has 0 bridgehead atoms. The predicted octanol–water partition coefficient (Wildman–Crippen LogP) is 7.59. The molecule has 0 aliphatic heterocycles. The van der Waals surface area contributed by atoms with E-state index in [2.05, 4.69) is 6.58 Å². The van der Waals surface area contributed by atoms with Crippen LogP contribution < -0.4 is 10.0 Å². The van der Waals surface area contributed by atoms with Crippen molar-refractivity contribution >= 4 is 30.3 Å². The van der Waals surface area contributed by atoms with Gasteiger partial charge in [0.25, 0.3) is 0 Å². The molecule has 0 fully saturated rings. The summed E-state index contributed by atoms with van der Waals surface area (Å²) in [5.74, 6) is -0.728. The first-order valence-corrected chi connectivity index (χ1v) is 14.4. The Morgan fingerprint density at radius 1 is 1.05 bits per heavy atom. The highest BCUT2D eigenvalue weighted by molar-refractivity contribution is 7.64. The Bertz CT molecular complexity index is 1480. The lowest BCUT2D eigenvalue weighted by Gasteiger charge is -2.25. The number of halogens is 4. The van der Waals surface area contributed by atoms with Crippen molar-refractivity contribution < 1.29 is 22.3 Å². The van der Waals surface area contributed by atoms with Gasteiger partial charge in [0.15, 0.2) is 5.75 Å². The van der Waals surface area contributed by atoms with Crippen LogP contribution >= 0.6 is 7.92 Å². The van der Waals surface area contributed by atoms with Crippen LogP contribution in [-0.2, 0) is 0 Å². The third-order valence-electron chi connectivity index (χ3n) is 6.53. The second-order valence-corrected chi connectivity index (χ2v) is 11.7. The number of rotatable bonds is 9. The Kier molecular flexibility index (Phi) is 8.24. The Morgan fingerprint density at radius 2 is 1.76 bits per heavy atom. The highest BCUT2D eigenvalue weighted by Crippen LogP contribution is 2.39. The summed E-state index contributed by atoms with van der Waals surface area (Å²) < 4.78 is 64.2. The Labute approximate surface area is 221 Å². The maximum Gasteiger partial charge on any atom is 0.387 e. The molecule has 200 valence electrons. The van der Waals surface area contributed by atoms with Crippen molar-refractivity contribution in [2.75, 3.05) is 27.4 Å². The fourth-order valence-electron chi connectivity index (χ4n) is 4.70. The van der Waals surface area contributed by atoms with Crippen LogP contribution in [0.3, 0.4) is 0 Å². The summed E-state index contributed by atoms with van der Waals surface area (Å²) in [6.07, 6.45) is 2.18. The Hall–Kier alpha value is -3.22. The van der Waals surface area contributed by atoms with Gasteiger partial charge >= 0.3 is 6.61 Å². The maximum atomic E-state index is 15.5. The minimum absolute atomic E-state index is 0.0519. The summed E-state index contributed by atoms with van der Waals surface area (Å²) >= 11 is 0. The molecule has 0 N–H and O–H groups in total. The number of aromatic nitrogens is 2. The number of nitrogens with zero attached hydrogens (tertiary/aromatic N) is 3. The number of para-hydroxylation sites is 1. The molecule has 4 rings (SSSR count). The Morgan fingerprint density at radius 3 is 2.34 bits per heavy atom. The quantitative estimate of drug-likeness (QED) is 0.161. The van der Waals surface area contributed by atoms with Crippen LogP contribution in [0.15, 0.2) is 55.1 Å². The van der Waals surface area contributed by atoms with Gasteiger partial charge in [0.1, 0.15) is 17.5 Å². The van der Waals surface area contributed by atoms with Gasteiger partial charge < -0.3 is 4.74 Å². The summed E-state index contributed by atoms with van der Waals surface area (Å²) in [5, 5.41) is 0.862. The summed E-state index contributed by atoms with van der Waals surface area (Å²) in [6, 6.07) is 12.1. The van der Waals surface area contributed by atoms with Crippen molar-refractivity contribution in [2.24, 2.45) is 0 Å².